The number of aromatic nitrogens is 1. The molecular weight excluding hydrogens is 318 g/mol. The average Bonchev–Trinajstić information content (AvgIpc) is 2.60. The third kappa shape index (κ3) is 4.53. The van der Waals surface area contributed by atoms with Crippen molar-refractivity contribution in [3.05, 3.63) is 65.4 Å². The van der Waals surface area contributed by atoms with Crippen molar-refractivity contribution in [2.45, 2.75) is 27.4 Å². The summed E-state index contributed by atoms with van der Waals surface area (Å²) in [4.78, 5) is 28.6. The molecule has 0 saturated carbocycles. The Labute approximate surface area is 147 Å². The number of ether oxygens (including phenoxy) is 2. The zero-order valence-corrected chi connectivity index (χ0v) is 14.6. The number of rotatable bonds is 6. The second-order valence-electron chi connectivity index (χ2n) is 5.29. The third-order valence-corrected chi connectivity index (χ3v) is 3.59. The zero-order chi connectivity index (χ0) is 18.2. The number of carbonyl (C=O) groups is 2. The summed E-state index contributed by atoms with van der Waals surface area (Å²) in [7, 11) is 0. The molecule has 0 spiro atoms. The summed E-state index contributed by atoms with van der Waals surface area (Å²) in [5, 5.41) is 0.869. The number of carbonyl (C=O) groups excluding carboxylic acids is 2. The van der Waals surface area contributed by atoms with Crippen LogP contribution in [0, 0.1) is 6.92 Å². The van der Waals surface area contributed by atoms with E-state index in [1.165, 1.54) is 6.08 Å². The maximum Gasteiger partial charge on any atom is 0.340 e. The summed E-state index contributed by atoms with van der Waals surface area (Å²) in [6.45, 7) is 5.60. The van der Waals surface area contributed by atoms with Crippen molar-refractivity contribution in [1.29, 1.82) is 0 Å². The van der Waals surface area contributed by atoms with Crippen molar-refractivity contribution in [2.75, 3.05) is 6.61 Å². The van der Waals surface area contributed by atoms with E-state index in [1.54, 1.807) is 25.2 Å². The first kappa shape index (κ1) is 18.4. The van der Waals surface area contributed by atoms with Gasteiger partial charge in [-0.3, -0.25) is 0 Å². The lowest BCUT2D eigenvalue weighted by atomic mass is 10.0. The van der Waals surface area contributed by atoms with Crippen molar-refractivity contribution in [3.8, 4) is 0 Å². The van der Waals surface area contributed by atoms with Gasteiger partial charge in [0.1, 0.15) is 6.61 Å². The Bertz CT molecular complexity index is 837. The van der Waals surface area contributed by atoms with Gasteiger partial charge in [-0.15, -0.1) is 0 Å². The Kier molecular flexibility index (Phi) is 6.46. The lowest BCUT2D eigenvalue weighted by Gasteiger charge is -2.13. The normalized spacial score (nSPS) is 11.3. The number of para-hydroxylation sites is 1. The van der Waals surface area contributed by atoms with E-state index < -0.39 is 11.9 Å². The molecule has 0 amide bonds. The van der Waals surface area contributed by atoms with Crippen molar-refractivity contribution < 1.29 is 19.1 Å². The number of hydrogen-bond acceptors (Lipinski definition) is 5. The van der Waals surface area contributed by atoms with E-state index in [0.29, 0.717) is 11.3 Å². The molecule has 5 heteroatoms. The van der Waals surface area contributed by atoms with Crippen LogP contribution < -0.4 is 0 Å². The average molecular weight is 339 g/mol. The molecule has 0 aliphatic heterocycles. The molecule has 0 fully saturated rings. The van der Waals surface area contributed by atoms with Crippen LogP contribution in [0.1, 0.15) is 35.5 Å². The minimum atomic E-state index is -0.500. The highest BCUT2D eigenvalue weighted by molar-refractivity contribution is 5.98. The number of hydrogen-bond donors (Lipinski definition) is 0. The highest BCUT2D eigenvalue weighted by atomic mass is 16.5. The van der Waals surface area contributed by atoms with Gasteiger partial charge in [-0.1, -0.05) is 36.4 Å². The molecule has 1 aromatic carbocycles. The molecule has 1 aromatic heterocycles. The molecule has 0 aliphatic carbocycles. The van der Waals surface area contributed by atoms with Crippen LogP contribution >= 0.6 is 0 Å². The standard InChI is InChI=1S/C20H21NO4/c1-4-6-7-12-18(22)25-13-17-19(20(23)24-5-2)14(3)15-10-8-9-11-16(15)21-17/h4,6-12H,5,13H2,1-3H3/b6-4+,12-7+. The number of esters is 2. The van der Waals surface area contributed by atoms with Crippen molar-refractivity contribution in [1.82, 2.24) is 4.98 Å². The Morgan fingerprint density at radius 3 is 2.64 bits per heavy atom. The molecule has 0 atom stereocenters. The van der Waals surface area contributed by atoms with Gasteiger partial charge in [0.05, 0.1) is 23.4 Å². The Hall–Kier alpha value is -2.95. The van der Waals surface area contributed by atoms with Crippen LogP contribution in [0.5, 0.6) is 0 Å². The highest BCUT2D eigenvalue weighted by Crippen LogP contribution is 2.24. The molecule has 130 valence electrons. The first-order chi connectivity index (χ1) is 12.1. The first-order valence-electron chi connectivity index (χ1n) is 8.10. The van der Waals surface area contributed by atoms with Gasteiger partial charge in [-0.05, 0) is 32.4 Å². The molecule has 5 nitrogen and oxygen atoms in total. The molecule has 1 heterocycles. The summed E-state index contributed by atoms with van der Waals surface area (Å²) in [6, 6.07) is 7.51. The van der Waals surface area contributed by atoms with Crippen molar-refractivity contribution in [2.24, 2.45) is 0 Å². The molecule has 0 bridgehead atoms. The van der Waals surface area contributed by atoms with Crippen LogP contribution in [0.3, 0.4) is 0 Å². The maximum absolute atomic E-state index is 12.4. The molecule has 2 rings (SSSR count). The molecule has 0 aliphatic rings. The fourth-order valence-corrected chi connectivity index (χ4v) is 2.45. The Balaban J connectivity index is 2.37. The van der Waals surface area contributed by atoms with Crippen LogP contribution in [-0.4, -0.2) is 23.5 Å². The van der Waals surface area contributed by atoms with Gasteiger partial charge in [0.2, 0.25) is 0 Å². The topological polar surface area (TPSA) is 65.5 Å². The minimum absolute atomic E-state index is 0.0984. The van der Waals surface area contributed by atoms with Crippen molar-refractivity contribution in [3.63, 3.8) is 0 Å². The van der Waals surface area contributed by atoms with E-state index in [1.807, 2.05) is 38.1 Å². The van der Waals surface area contributed by atoms with E-state index in [9.17, 15) is 9.59 Å². The second kappa shape index (κ2) is 8.78. The van der Waals surface area contributed by atoms with Gasteiger partial charge < -0.3 is 9.47 Å². The maximum atomic E-state index is 12.4. The molecule has 25 heavy (non-hydrogen) atoms. The number of allylic oxidation sites excluding steroid dienone is 3. The number of fused-ring (bicyclic) bond motifs is 1. The smallest absolute Gasteiger partial charge is 0.340 e. The van der Waals surface area contributed by atoms with Gasteiger partial charge in [0.25, 0.3) is 0 Å². The number of aryl methyl sites for hydroxylation is 1. The monoisotopic (exact) mass is 339 g/mol. The quantitative estimate of drug-likeness (QED) is 0.454. The van der Waals surface area contributed by atoms with Crippen LogP contribution in [0.2, 0.25) is 0 Å². The van der Waals surface area contributed by atoms with E-state index in [0.717, 1.165) is 16.5 Å². The predicted molar refractivity (Wildman–Crippen MR) is 96.2 cm³/mol. The third-order valence-electron chi connectivity index (χ3n) is 3.59. The molecule has 2 aromatic rings. The fourth-order valence-electron chi connectivity index (χ4n) is 2.45. The van der Waals surface area contributed by atoms with E-state index in [2.05, 4.69) is 4.98 Å². The second-order valence-corrected chi connectivity index (χ2v) is 5.29. The Morgan fingerprint density at radius 2 is 1.92 bits per heavy atom. The summed E-state index contributed by atoms with van der Waals surface area (Å²) in [5.41, 5.74) is 2.25. The van der Waals surface area contributed by atoms with Crippen molar-refractivity contribution >= 4 is 22.8 Å². The van der Waals surface area contributed by atoms with Gasteiger partial charge in [0.15, 0.2) is 0 Å². The Morgan fingerprint density at radius 1 is 1.16 bits per heavy atom. The lowest BCUT2D eigenvalue weighted by molar-refractivity contribution is -0.139. The van der Waals surface area contributed by atoms with Crippen LogP contribution in [-0.2, 0) is 20.9 Å². The number of pyridine rings is 1. The molecule has 0 N–H and O–H groups in total. The largest absolute Gasteiger partial charge is 0.462 e. The summed E-state index contributed by atoms with van der Waals surface area (Å²) in [5.74, 6) is -0.964. The lowest BCUT2D eigenvalue weighted by Crippen LogP contribution is -2.14. The summed E-state index contributed by atoms with van der Waals surface area (Å²) < 4.78 is 10.4. The van der Waals surface area contributed by atoms with Gasteiger partial charge in [0, 0.05) is 11.5 Å². The van der Waals surface area contributed by atoms with E-state index in [4.69, 9.17) is 9.47 Å². The molecule has 0 unspecified atom stereocenters. The van der Waals surface area contributed by atoms with E-state index >= 15 is 0 Å². The molecular formula is C20H21NO4. The summed E-state index contributed by atoms with van der Waals surface area (Å²) in [6.07, 6.45) is 6.44. The van der Waals surface area contributed by atoms with Gasteiger partial charge in [-0.2, -0.15) is 0 Å². The highest BCUT2D eigenvalue weighted by Gasteiger charge is 2.20. The van der Waals surface area contributed by atoms with Crippen LogP contribution in [0.15, 0.2) is 48.6 Å². The first-order valence-corrected chi connectivity index (χ1v) is 8.10. The molecule has 0 saturated heterocycles. The minimum Gasteiger partial charge on any atom is -0.462 e. The van der Waals surface area contributed by atoms with E-state index in [-0.39, 0.29) is 13.2 Å². The van der Waals surface area contributed by atoms with Gasteiger partial charge >= 0.3 is 11.9 Å². The van der Waals surface area contributed by atoms with Crippen LogP contribution in [0.4, 0.5) is 0 Å². The SMILES string of the molecule is C/C=C/C=C/C(=O)OCc1nc2ccccc2c(C)c1C(=O)OCC. The molecule has 0 radical (unpaired) electrons. The van der Waals surface area contributed by atoms with Gasteiger partial charge in [-0.25, -0.2) is 14.6 Å². The van der Waals surface area contributed by atoms with Crippen LogP contribution in [0.25, 0.3) is 10.9 Å². The summed E-state index contributed by atoms with van der Waals surface area (Å²) >= 11 is 0. The fraction of sp³-hybridized carbons (Fsp3) is 0.250. The zero-order valence-electron chi connectivity index (χ0n) is 14.6. The number of benzene rings is 1. The predicted octanol–water partition coefficient (Wildman–Crippen LogP) is 3.90. The number of nitrogens with zero attached hydrogens (tertiary/aromatic N) is 1.